The van der Waals surface area contributed by atoms with Gasteiger partial charge in [-0.05, 0) is 72.6 Å². The molecule has 0 amide bonds. The van der Waals surface area contributed by atoms with Gasteiger partial charge in [0, 0.05) is 52.8 Å². The van der Waals surface area contributed by atoms with Crippen LogP contribution >= 0.6 is 23.2 Å². The maximum absolute atomic E-state index is 14.3. The minimum absolute atomic E-state index is 0.0700. The Balaban J connectivity index is 0.644. The van der Waals surface area contributed by atoms with Crippen LogP contribution in [0.3, 0.4) is 0 Å². The van der Waals surface area contributed by atoms with Gasteiger partial charge in [-0.1, -0.05) is 23.2 Å². The number of hydrogen-bond acceptors (Lipinski definition) is 38. The molecule has 11 aliphatic rings. The summed E-state index contributed by atoms with van der Waals surface area (Å²) in [7, 11) is 6.53. The zero-order valence-electron chi connectivity index (χ0n) is 63.0. The number of aliphatic hydroxyl groups excluding tert-OH is 5. The van der Waals surface area contributed by atoms with Gasteiger partial charge in [0.1, 0.15) is 132 Å². The van der Waals surface area contributed by atoms with E-state index in [-0.39, 0.29) is 83.3 Å². The second-order valence-corrected chi connectivity index (χ2v) is 30.6. The lowest BCUT2D eigenvalue weighted by molar-refractivity contribution is -0.595. The summed E-state index contributed by atoms with van der Waals surface area (Å²) in [4.78, 5) is 39.8. The number of rotatable bonds is 21. The molecule has 0 aliphatic carbocycles. The number of benzene rings is 2. The van der Waals surface area contributed by atoms with Crippen LogP contribution in [0, 0.1) is 24.0 Å². The molecule has 39 nitrogen and oxygen atoms in total. The highest BCUT2D eigenvalue weighted by atomic mass is 35.5. The van der Waals surface area contributed by atoms with Crippen LogP contribution in [0.4, 0.5) is 0 Å². The molecule has 2 aromatic rings. The SMILES string of the molecule is COC[C@H]1O[C@@H](O[C@@H]2OC[C@@H]3O[C@@]4(OC[C@@H](OC(=O)c5c(C)cc(O)cc5O)[C@@H]5OCO[C@H]54)O[C@H]3[C@H]2O)C(OC)[C@@H](O)C1O[C@@H]1O[C@H](C)[C@H](OC)[C@@H](O[C@@H]2O[C@H](C)[C@H]3OC4(C[C@@H](O)[C@H](O[C@H]5C[C@@H](O[C@@H]6C[C@](C)([N+](=O)[O-])[C@@H](OC)[C@H](C)O6)[C@H](OC(=O)c6c(C)c(Cl)c(O)c(Cl)c6OC)[C@@H](C)O5)[C@@H](C)O4)O[C@]3(C)[C@@H]2O)[C@H]1O. The highest BCUT2D eigenvalue weighted by Gasteiger charge is 2.70. The molecule has 11 heterocycles. The molecule has 2 aromatic carbocycles. The summed E-state index contributed by atoms with van der Waals surface area (Å²) in [5, 5.41) is 104. The number of aryl methyl sites for hydroxylation is 1. The van der Waals surface area contributed by atoms with E-state index in [0.29, 0.717) is 0 Å². The number of hydrogen-bond donors (Lipinski definition) is 8. The molecular formula is C70H97Cl2NO38. The monoisotopic (exact) mass is 1630 g/mol. The fourth-order valence-electron chi connectivity index (χ4n) is 17.0. The van der Waals surface area contributed by atoms with Crippen LogP contribution in [0.2, 0.25) is 10.0 Å². The number of carbonyl (C=O) groups is 2. The summed E-state index contributed by atoms with van der Waals surface area (Å²) in [6, 6.07) is 2.28. The number of esters is 2. The number of methoxy groups -OCH3 is 5. The van der Waals surface area contributed by atoms with E-state index < -0.39 is 248 Å². The van der Waals surface area contributed by atoms with E-state index >= 15 is 0 Å². The Labute approximate surface area is 645 Å². The molecule has 0 bridgehead atoms. The summed E-state index contributed by atoms with van der Waals surface area (Å²) in [6.07, 6.45) is -40.9. The van der Waals surface area contributed by atoms with Crippen molar-refractivity contribution in [2.75, 3.05) is 62.2 Å². The van der Waals surface area contributed by atoms with Crippen LogP contribution in [0.25, 0.3) is 0 Å². The quantitative estimate of drug-likeness (QED) is 0.0495. The summed E-state index contributed by atoms with van der Waals surface area (Å²) < 4.78 is 160. The Bertz CT molecular complexity index is 3630. The summed E-state index contributed by atoms with van der Waals surface area (Å²) in [5.74, 6) is -7.54. The van der Waals surface area contributed by atoms with Crippen molar-refractivity contribution in [1.82, 2.24) is 0 Å². The van der Waals surface area contributed by atoms with Crippen LogP contribution in [-0.4, -0.2) is 333 Å². The largest absolute Gasteiger partial charge is 0.508 e. The van der Waals surface area contributed by atoms with Gasteiger partial charge in [-0.3, -0.25) is 10.1 Å². The Morgan fingerprint density at radius 3 is 1.98 bits per heavy atom. The third-order valence-electron chi connectivity index (χ3n) is 22.5. The van der Waals surface area contributed by atoms with E-state index in [1.54, 1.807) is 34.6 Å². The van der Waals surface area contributed by atoms with E-state index in [9.17, 15) is 60.6 Å². The standard InChI is InChI=1S/C70H97Cl2NO38/c1-24-15-31(74)16-32(75)40(24)61(82)100-36-22-94-70(60-53(36)92-23-93-60)108-37-21-91-63(46(79)52(37)109-70)106-65-56(89-13)45(78)51(35(101-65)20-86-10)104-64-47(80)55(50(87-11)27(4)97-64)105-66-57(81)68(9)59(30(7)98-66)110-69(111-68)18-33(76)48(28(5)107-69)102-38-17-34(99-39-19-67(8,73(84)85)58(90-14)29(6)96-39)49(26(3)95-38)103-62(83)41-25(2)42(71)44(77)43(72)54(41)88-12/h15-16,26-30,33-39,45-53,55-60,63-66,74-81H,17-23H2,1-14H3/t26-,27-,28-,29+,30-,33-,34-,35-,36-,37+,38+,39-,45+,46-,47-,48-,49-,50+,51?,52-,53+,55+,56?,57-,58+,59-,60-,63+,64+,65+,66+,67+,68-,69?,70-/m1/s1. The van der Waals surface area contributed by atoms with E-state index in [4.69, 9.17) is 146 Å². The van der Waals surface area contributed by atoms with E-state index in [1.807, 2.05) is 0 Å². The molecule has 3 unspecified atom stereocenters. The molecule has 0 radical (unpaired) electrons. The molecule has 0 saturated carbocycles. The lowest BCUT2D eigenvalue weighted by Gasteiger charge is -2.50. The molecule has 624 valence electrons. The molecule has 35 atom stereocenters. The number of aromatic hydroxyl groups is 3. The summed E-state index contributed by atoms with van der Waals surface area (Å²) in [6.45, 7) is 12.7. The highest BCUT2D eigenvalue weighted by molar-refractivity contribution is 6.39. The first-order valence-electron chi connectivity index (χ1n) is 36.3. The van der Waals surface area contributed by atoms with Gasteiger partial charge >= 0.3 is 17.9 Å². The fraction of sp³-hybridized carbons (Fsp3) is 0.800. The zero-order chi connectivity index (χ0) is 80.2. The number of halogens is 2. The number of aliphatic hydroxyl groups is 5. The minimum atomic E-state index is -2.06. The van der Waals surface area contributed by atoms with Crippen LogP contribution in [-0.2, 0) is 118 Å². The minimum Gasteiger partial charge on any atom is -0.508 e. The van der Waals surface area contributed by atoms with Crippen molar-refractivity contribution >= 4 is 35.1 Å². The first-order valence-corrected chi connectivity index (χ1v) is 37.1. The third-order valence-corrected chi connectivity index (χ3v) is 23.3. The number of phenolic OH excluding ortho intramolecular Hbond substituents is 3. The van der Waals surface area contributed by atoms with Gasteiger partial charge in [-0.2, -0.15) is 0 Å². The van der Waals surface area contributed by atoms with Crippen LogP contribution < -0.4 is 4.74 Å². The maximum Gasteiger partial charge on any atom is 0.342 e. The molecule has 11 fully saturated rings. The molecule has 11 saturated heterocycles. The highest BCUT2D eigenvalue weighted by Crippen LogP contribution is 2.53. The lowest BCUT2D eigenvalue weighted by atomic mass is 9.85. The number of carbonyl (C=O) groups excluding carboxylic acids is 2. The molecular weight excluding hydrogens is 1530 g/mol. The molecule has 13 rings (SSSR count). The van der Waals surface area contributed by atoms with Crippen molar-refractivity contribution in [1.29, 1.82) is 0 Å². The van der Waals surface area contributed by atoms with Gasteiger partial charge in [0.05, 0.1) is 81.4 Å². The second-order valence-electron chi connectivity index (χ2n) is 29.9. The van der Waals surface area contributed by atoms with Crippen molar-refractivity contribution in [2.24, 2.45) is 0 Å². The topological polar surface area (TPSA) is 479 Å². The fourth-order valence-corrected chi connectivity index (χ4v) is 17.5. The van der Waals surface area contributed by atoms with Crippen LogP contribution in [0.15, 0.2) is 12.1 Å². The third kappa shape index (κ3) is 15.5. The van der Waals surface area contributed by atoms with Gasteiger partial charge in [0.15, 0.2) is 73.7 Å². The van der Waals surface area contributed by atoms with Gasteiger partial charge in [-0.15, -0.1) is 0 Å². The molecule has 2 spiro atoms. The van der Waals surface area contributed by atoms with Crippen molar-refractivity contribution < 1.29 is 179 Å². The maximum atomic E-state index is 14.3. The number of nitro groups is 1. The predicted octanol–water partition coefficient (Wildman–Crippen LogP) is 1.26. The molecule has 41 heteroatoms. The number of phenols is 3. The van der Waals surface area contributed by atoms with Gasteiger partial charge in [-0.25, -0.2) is 9.59 Å². The smallest absolute Gasteiger partial charge is 0.342 e. The number of nitrogens with zero attached hydrogens (tertiary/aromatic N) is 1. The average molecular weight is 1630 g/mol. The summed E-state index contributed by atoms with van der Waals surface area (Å²) in [5.41, 5.74) is -3.54. The van der Waals surface area contributed by atoms with Crippen molar-refractivity contribution in [3.05, 3.63) is 54.5 Å². The van der Waals surface area contributed by atoms with Gasteiger partial charge in [0.25, 0.3) is 11.5 Å². The molecule has 11 aliphatic heterocycles. The lowest BCUT2D eigenvalue weighted by Crippen LogP contribution is -2.68. The second kappa shape index (κ2) is 33.1. The molecule has 0 aromatic heterocycles. The van der Waals surface area contributed by atoms with Crippen molar-refractivity contribution in [2.45, 2.75) is 295 Å². The number of fused-ring (bicyclic) bond motifs is 4. The first-order chi connectivity index (χ1) is 52.6. The van der Waals surface area contributed by atoms with Crippen LogP contribution in [0.5, 0.6) is 23.0 Å². The Hall–Kier alpha value is -4.56. The van der Waals surface area contributed by atoms with Crippen molar-refractivity contribution in [3.8, 4) is 23.0 Å². The Morgan fingerprint density at radius 1 is 0.613 bits per heavy atom. The van der Waals surface area contributed by atoms with Crippen molar-refractivity contribution in [3.63, 3.8) is 0 Å². The van der Waals surface area contributed by atoms with E-state index in [1.165, 1.54) is 69.3 Å². The number of ether oxygens (including phenoxy) is 26. The molecule has 111 heavy (non-hydrogen) atoms. The predicted molar refractivity (Wildman–Crippen MR) is 363 cm³/mol. The van der Waals surface area contributed by atoms with E-state index in [2.05, 4.69) is 0 Å². The van der Waals surface area contributed by atoms with Crippen LogP contribution in [0.1, 0.15) is 99.6 Å². The normalized spacial score (nSPS) is 45.6. The zero-order valence-corrected chi connectivity index (χ0v) is 64.5. The summed E-state index contributed by atoms with van der Waals surface area (Å²) >= 11 is 12.8. The van der Waals surface area contributed by atoms with E-state index in [0.717, 1.165) is 6.07 Å². The average Bonchev–Trinajstić information content (AvgIpc) is 1.58. The Kier molecular flexibility index (Phi) is 25.1. The first kappa shape index (κ1) is 84.4. The van der Waals surface area contributed by atoms with Gasteiger partial charge < -0.3 is 164 Å². The van der Waals surface area contributed by atoms with Gasteiger partial charge in [0.2, 0.25) is 0 Å². The molecule has 8 N–H and O–H groups in total. The Morgan fingerprint density at radius 2 is 1.31 bits per heavy atom.